The first-order chi connectivity index (χ1) is 9.27. The number of ketones is 3. The Labute approximate surface area is 116 Å². The fourth-order valence-corrected chi connectivity index (χ4v) is 1.58. The zero-order valence-electron chi connectivity index (χ0n) is 11.9. The second-order valence-corrected chi connectivity index (χ2v) is 3.99. The highest BCUT2D eigenvalue weighted by atomic mass is 16.5. The van der Waals surface area contributed by atoms with Gasteiger partial charge in [0.05, 0.1) is 13.2 Å². The molecule has 0 aromatic rings. The number of rotatable bonds is 8. The highest BCUT2D eigenvalue weighted by Gasteiger charge is 2.43. The molecule has 0 N–H and O–H groups in total. The van der Waals surface area contributed by atoms with Crippen LogP contribution in [0.5, 0.6) is 0 Å². The Morgan fingerprint density at radius 3 is 1.25 bits per heavy atom. The van der Waals surface area contributed by atoms with Crippen molar-refractivity contribution in [2.75, 3.05) is 13.2 Å². The van der Waals surface area contributed by atoms with Gasteiger partial charge in [0, 0.05) is 0 Å². The van der Waals surface area contributed by atoms with Crippen LogP contribution in [0.15, 0.2) is 0 Å². The molecular formula is C13H18O7. The zero-order valence-corrected chi connectivity index (χ0v) is 11.9. The monoisotopic (exact) mass is 286 g/mol. The van der Waals surface area contributed by atoms with Crippen molar-refractivity contribution >= 4 is 29.3 Å². The summed E-state index contributed by atoms with van der Waals surface area (Å²) in [4.78, 5) is 58.2. The van der Waals surface area contributed by atoms with E-state index in [0.29, 0.717) is 0 Å². The van der Waals surface area contributed by atoms with E-state index in [0.717, 1.165) is 13.8 Å². The van der Waals surface area contributed by atoms with Gasteiger partial charge in [-0.3, -0.25) is 24.0 Å². The van der Waals surface area contributed by atoms with Crippen LogP contribution >= 0.6 is 0 Å². The molecule has 0 aromatic carbocycles. The molecule has 0 saturated heterocycles. The maximum absolute atomic E-state index is 12.1. The summed E-state index contributed by atoms with van der Waals surface area (Å²) in [5, 5.41) is 0. The van der Waals surface area contributed by atoms with E-state index in [1.807, 2.05) is 0 Å². The summed E-state index contributed by atoms with van der Waals surface area (Å²) in [6.07, 6.45) is 0. The van der Waals surface area contributed by atoms with Crippen LogP contribution in [0.25, 0.3) is 0 Å². The van der Waals surface area contributed by atoms with Gasteiger partial charge in [-0.1, -0.05) is 0 Å². The summed E-state index contributed by atoms with van der Waals surface area (Å²) in [7, 11) is 0. The minimum absolute atomic E-state index is 0.0277. The Kier molecular flexibility index (Phi) is 7.35. The van der Waals surface area contributed by atoms with Gasteiger partial charge in [-0.05, 0) is 27.7 Å². The Bertz CT molecular complexity index is 386. The van der Waals surface area contributed by atoms with Crippen LogP contribution in [0.3, 0.4) is 0 Å². The van der Waals surface area contributed by atoms with Crippen molar-refractivity contribution in [3.8, 4) is 0 Å². The highest BCUT2D eigenvalue weighted by molar-refractivity contribution is 6.27. The molecule has 0 saturated carbocycles. The maximum atomic E-state index is 12.1. The van der Waals surface area contributed by atoms with Crippen molar-refractivity contribution in [1.82, 2.24) is 0 Å². The lowest BCUT2D eigenvalue weighted by atomic mass is 9.88. The molecule has 112 valence electrons. The molecule has 0 amide bonds. The van der Waals surface area contributed by atoms with Gasteiger partial charge < -0.3 is 9.47 Å². The van der Waals surface area contributed by atoms with E-state index in [4.69, 9.17) is 0 Å². The van der Waals surface area contributed by atoms with E-state index < -0.39 is 41.1 Å². The summed E-state index contributed by atoms with van der Waals surface area (Å²) in [6, 6.07) is 0. The molecule has 2 unspecified atom stereocenters. The molecule has 0 fully saturated rings. The molecule has 0 aliphatic heterocycles. The molecule has 7 nitrogen and oxygen atoms in total. The topological polar surface area (TPSA) is 104 Å². The summed E-state index contributed by atoms with van der Waals surface area (Å²) < 4.78 is 9.22. The van der Waals surface area contributed by atoms with E-state index in [9.17, 15) is 24.0 Å². The predicted molar refractivity (Wildman–Crippen MR) is 66.6 cm³/mol. The molecule has 2 atom stereocenters. The Balaban J connectivity index is 5.38. The fourth-order valence-electron chi connectivity index (χ4n) is 1.58. The van der Waals surface area contributed by atoms with Crippen LogP contribution in [0, 0.1) is 11.8 Å². The first-order valence-electron chi connectivity index (χ1n) is 6.15. The van der Waals surface area contributed by atoms with Crippen molar-refractivity contribution in [1.29, 1.82) is 0 Å². The van der Waals surface area contributed by atoms with Gasteiger partial charge in [-0.2, -0.15) is 0 Å². The number of carbonyl (C=O) groups excluding carboxylic acids is 5. The largest absolute Gasteiger partial charge is 0.465 e. The number of hydrogen-bond acceptors (Lipinski definition) is 7. The number of carbonyl (C=O) groups is 5. The van der Waals surface area contributed by atoms with Crippen molar-refractivity contribution in [2.24, 2.45) is 11.8 Å². The SMILES string of the molecule is CCOC(=O)C(C(C)=O)C(=O)C(C(C)=O)C(=O)OCC. The molecule has 7 heteroatoms. The molecule has 0 aliphatic carbocycles. The number of ether oxygens (including phenoxy) is 2. The average molecular weight is 286 g/mol. The first kappa shape index (κ1) is 17.9. The molecule has 0 heterocycles. The second-order valence-electron chi connectivity index (χ2n) is 3.99. The lowest BCUT2D eigenvalue weighted by Crippen LogP contribution is -2.42. The third-order valence-corrected chi connectivity index (χ3v) is 2.43. The minimum Gasteiger partial charge on any atom is -0.465 e. The van der Waals surface area contributed by atoms with Crippen molar-refractivity contribution < 1.29 is 33.4 Å². The summed E-state index contributed by atoms with van der Waals surface area (Å²) in [6.45, 7) is 4.99. The quantitative estimate of drug-likeness (QED) is 0.460. The lowest BCUT2D eigenvalue weighted by Gasteiger charge is -2.16. The van der Waals surface area contributed by atoms with Gasteiger partial charge >= 0.3 is 11.9 Å². The van der Waals surface area contributed by atoms with Gasteiger partial charge in [0.2, 0.25) is 0 Å². The van der Waals surface area contributed by atoms with E-state index in [1.165, 1.54) is 13.8 Å². The highest BCUT2D eigenvalue weighted by Crippen LogP contribution is 2.14. The van der Waals surface area contributed by atoms with E-state index >= 15 is 0 Å². The van der Waals surface area contributed by atoms with Gasteiger partial charge in [0.1, 0.15) is 0 Å². The molecule has 0 spiro atoms. The van der Waals surface area contributed by atoms with Crippen LogP contribution in [0.4, 0.5) is 0 Å². The van der Waals surface area contributed by atoms with Crippen LogP contribution in [-0.2, 0) is 33.4 Å². The van der Waals surface area contributed by atoms with Crippen LogP contribution in [0.2, 0.25) is 0 Å². The fraction of sp³-hybridized carbons (Fsp3) is 0.615. The third-order valence-electron chi connectivity index (χ3n) is 2.43. The summed E-state index contributed by atoms with van der Waals surface area (Å²) >= 11 is 0. The predicted octanol–water partition coefficient (Wildman–Crippen LogP) is 0.0921. The van der Waals surface area contributed by atoms with E-state index in [2.05, 4.69) is 9.47 Å². The first-order valence-corrected chi connectivity index (χ1v) is 6.15. The standard InChI is InChI=1S/C13H18O7/c1-5-19-12(17)9(7(3)14)11(16)10(8(4)15)13(18)20-6-2/h9-10H,5-6H2,1-4H3. The van der Waals surface area contributed by atoms with E-state index in [1.54, 1.807) is 0 Å². The summed E-state index contributed by atoms with van der Waals surface area (Å²) in [5.74, 6) is -8.39. The Morgan fingerprint density at radius 1 is 0.750 bits per heavy atom. The van der Waals surface area contributed by atoms with Crippen molar-refractivity contribution in [3.63, 3.8) is 0 Å². The minimum atomic E-state index is -1.78. The molecular weight excluding hydrogens is 268 g/mol. The molecule has 0 rings (SSSR count). The van der Waals surface area contributed by atoms with Crippen LogP contribution < -0.4 is 0 Å². The Morgan fingerprint density at radius 2 is 1.05 bits per heavy atom. The number of esters is 2. The Hall–Kier alpha value is -2.05. The third kappa shape index (κ3) is 4.56. The normalized spacial score (nSPS) is 13.0. The number of Topliss-reactive ketones (excluding diaryl/α,β-unsaturated/α-hetero) is 3. The smallest absolute Gasteiger partial charge is 0.324 e. The zero-order chi connectivity index (χ0) is 15.9. The number of hydrogen-bond donors (Lipinski definition) is 0. The van der Waals surface area contributed by atoms with Crippen molar-refractivity contribution in [3.05, 3.63) is 0 Å². The lowest BCUT2D eigenvalue weighted by molar-refractivity contribution is -0.159. The van der Waals surface area contributed by atoms with Crippen LogP contribution in [-0.4, -0.2) is 42.5 Å². The van der Waals surface area contributed by atoms with Crippen molar-refractivity contribution in [2.45, 2.75) is 27.7 Å². The molecule has 0 radical (unpaired) electrons. The van der Waals surface area contributed by atoms with Gasteiger partial charge in [0.15, 0.2) is 29.2 Å². The van der Waals surface area contributed by atoms with Gasteiger partial charge in [-0.25, -0.2) is 0 Å². The average Bonchev–Trinajstić information content (AvgIpc) is 2.28. The van der Waals surface area contributed by atoms with E-state index in [-0.39, 0.29) is 13.2 Å². The molecule has 0 aliphatic rings. The van der Waals surface area contributed by atoms with Crippen LogP contribution in [0.1, 0.15) is 27.7 Å². The van der Waals surface area contributed by atoms with Gasteiger partial charge in [0.25, 0.3) is 0 Å². The maximum Gasteiger partial charge on any atom is 0.324 e. The van der Waals surface area contributed by atoms with Gasteiger partial charge in [-0.15, -0.1) is 0 Å². The summed E-state index contributed by atoms with van der Waals surface area (Å²) in [5.41, 5.74) is 0. The molecule has 20 heavy (non-hydrogen) atoms. The molecule has 0 bridgehead atoms. The second kappa shape index (κ2) is 8.19. The molecule has 0 aromatic heterocycles.